The number of benzene rings is 2. The van der Waals surface area contributed by atoms with Crippen LogP contribution < -0.4 is 10.1 Å². The Morgan fingerprint density at radius 1 is 0.947 bits per heavy atom. The fraction of sp³-hybridized carbons (Fsp3) is 0. The number of hydrogen-bond donors (Lipinski definition) is 1. The van der Waals surface area contributed by atoms with Crippen LogP contribution in [0.5, 0.6) is 5.75 Å². The van der Waals surface area contributed by atoms with Crippen molar-refractivity contribution in [2.45, 2.75) is 0 Å². The minimum absolute atomic E-state index is 0.822. The predicted octanol–water partition coefficient (Wildman–Crippen LogP) is 4.38. The maximum absolute atomic E-state index is 5.86. The molecule has 0 bridgehead atoms. The van der Waals surface area contributed by atoms with Crippen molar-refractivity contribution in [2.24, 2.45) is 0 Å². The summed E-state index contributed by atoms with van der Waals surface area (Å²) in [5, 5.41) is 4.27. The molecule has 0 saturated heterocycles. The zero-order valence-electron chi connectivity index (χ0n) is 10.1. The summed E-state index contributed by atoms with van der Waals surface area (Å²) in [4.78, 5) is 0. The van der Waals surface area contributed by atoms with E-state index in [9.17, 15) is 0 Å². The predicted molar refractivity (Wildman–Crippen MR) is 75.0 cm³/mol. The van der Waals surface area contributed by atoms with Crippen molar-refractivity contribution in [3.8, 4) is 17.1 Å². The van der Waals surface area contributed by atoms with E-state index in [1.54, 1.807) is 12.5 Å². The van der Waals surface area contributed by atoms with Crippen molar-refractivity contribution in [3.05, 3.63) is 61.0 Å². The normalized spacial score (nSPS) is 12.8. The van der Waals surface area contributed by atoms with Crippen LogP contribution in [0.1, 0.15) is 0 Å². The van der Waals surface area contributed by atoms with Gasteiger partial charge in [-0.3, -0.25) is 0 Å². The van der Waals surface area contributed by atoms with Crippen molar-refractivity contribution in [1.29, 1.82) is 0 Å². The molecular weight excluding hydrogens is 238 g/mol. The quantitative estimate of drug-likeness (QED) is 0.695. The van der Waals surface area contributed by atoms with Crippen molar-refractivity contribution in [1.82, 2.24) is 0 Å². The molecule has 1 aliphatic rings. The van der Waals surface area contributed by atoms with Crippen LogP contribution in [0.3, 0.4) is 0 Å². The number of fused-ring (bicyclic) bond motifs is 2. The number of nitrogens with one attached hydrogen (secondary N) is 1. The number of anilines is 1. The maximum atomic E-state index is 5.86. The molecule has 2 aromatic carbocycles. The first-order valence-corrected chi connectivity index (χ1v) is 6.11. The van der Waals surface area contributed by atoms with E-state index in [1.165, 1.54) is 0 Å². The summed E-state index contributed by atoms with van der Waals surface area (Å²) in [6.45, 7) is 0. The molecule has 3 aromatic rings. The number of hydrogen-bond acceptors (Lipinski definition) is 3. The van der Waals surface area contributed by atoms with Gasteiger partial charge in [0.25, 0.3) is 0 Å². The van der Waals surface area contributed by atoms with Crippen molar-refractivity contribution in [2.75, 3.05) is 5.32 Å². The zero-order chi connectivity index (χ0) is 12.7. The molecule has 0 spiro atoms. The van der Waals surface area contributed by atoms with Crippen LogP contribution in [0.25, 0.3) is 22.3 Å². The van der Waals surface area contributed by atoms with Crippen LogP contribution in [0.15, 0.2) is 65.4 Å². The fourth-order valence-corrected chi connectivity index (χ4v) is 2.25. The van der Waals surface area contributed by atoms with Gasteiger partial charge in [0.05, 0.1) is 5.69 Å². The van der Waals surface area contributed by atoms with Crippen LogP contribution in [0, 0.1) is 0 Å². The number of furan rings is 1. The van der Waals surface area contributed by atoms with Gasteiger partial charge in [0.1, 0.15) is 23.4 Å². The van der Waals surface area contributed by atoms with Gasteiger partial charge in [0, 0.05) is 17.1 Å². The summed E-state index contributed by atoms with van der Waals surface area (Å²) in [5.41, 5.74) is 2.88. The molecule has 0 aliphatic carbocycles. The molecule has 0 saturated carbocycles. The minimum atomic E-state index is 0.822. The Bertz CT molecular complexity index is 753. The van der Waals surface area contributed by atoms with Gasteiger partial charge >= 0.3 is 0 Å². The minimum Gasteiger partial charge on any atom is -0.461 e. The van der Waals surface area contributed by atoms with E-state index >= 15 is 0 Å². The Morgan fingerprint density at radius 2 is 1.89 bits per heavy atom. The summed E-state index contributed by atoms with van der Waals surface area (Å²) in [6.07, 6.45) is 3.40. The second-order valence-electron chi connectivity index (χ2n) is 4.42. The third-order valence-corrected chi connectivity index (χ3v) is 3.19. The molecule has 1 aliphatic heterocycles. The van der Waals surface area contributed by atoms with Crippen molar-refractivity contribution in [3.63, 3.8) is 0 Å². The molecule has 2 heterocycles. The Morgan fingerprint density at radius 3 is 2.84 bits per heavy atom. The summed E-state index contributed by atoms with van der Waals surface area (Å²) in [7, 11) is 0. The highest BCUT2D eigenvalue weighted by Gasteiger charge is 2.10. The topological polar surface area (TPSA) is 34.4 Å². The fourth-order valence-electron chi connectivity index (χ4n) is 2.25. The summed E-state index contributed by atoms with van der Waals surface area (Å²) < 4.78 is 11.3. The first-order valence-electron chi connectivity index (χ1n) is 6.11. The molecular formula is C16H11NO2. The monoisotopic (exact) mass is 249 g/mol. The lowest BCUT2D eigenvalue weighted by Gasteiger charge is -2.13. The van der Waals surface area contributed by atoms with Crippen molar-refractivity contribution < 1.29 is 9.15 Å². The smallest absolute Gasteiger partial charge is 0.150 e. The Balaban J connectivity index is 1.84. The standard InChI is InChI=1S/C16H11NO2/c1-2-4-14-11(3-1)10-16(19-14)12-5-6-15-13(9-12)17-7-8-18-15/h1-10,17H. The average molecular weight is 249 g/mol. The SMILES string of the molecule is C1=COc2ccc(-c3cc4ccccc4o3)cc2N1. The van der Waals surface area contributed by atoms with Crippen molar-refractivity contribution >= 4 is 16.7 Å². The maximum Gasteiger partial charge on any atom is 0.150 e. The Kier molecular flexibility index (Phi) is 2.12. The lowest BCUT2D eigenvalue weighted by molar-refractivity contribution is 0.477. The Labute approximate surface area is 110 Å². The van der Waals surface area contributed by atoms with Gasteiger partial charge in [-0.2, -0.15) is 0 Å². The molecule has 92 valence electrons. The molecule has 0 amide bonds. The van der Waals surface area contributed by atoms with Gasteiger partial charge in [-0.25, -0.2) is 0 Å². The summed E-state index contributed by atoms with van der Waals surface area (Å²) >= 11 is 0. The van der Waals surface area contributed by atoms with Crippen LogP contribution >= 0.6 is 0 Å². The molecule has 0 radical (unpaired) electrons. The zero-order valence-corrected chi connectivity index (χ0v) is 10.1. The highest BCUT2D eigenvalue weighted by molar-refractivity contribution is 5.83. The largest absolute Gasteiger partial charge is 0.461 e. The molecule has 4 rings (SSSR count). The van der Waals surface area contributed by atoms with Crippen LogP contribution in [-0.4, -0.2) is 0 Å². The first kappa shape index (κ1) is 10.3. The number of rotatable bonds is 1. The second-order valence-corrected chi connectivity index (χ2v) is 4.42. The van der Waals surface area contributed by atoms with Gasteiger partial charge in [0.2, 0.25) is 0 Å². The molecule has 1 N–H and O–H groups in total. The molecule has 0 atom stereocenters. The second kappa shape index (κ2) is 3.92. The van der Waals surface area contributed by atoms with Gasteiger partial charge in [0.15, 0.2) is 0 Å². The van der Waals surface area contributed by atoms with E-state index in [1.807, 2.05) is 42.5 Å². The lowest BCUT2D eigenvalue weighted by Crippen LogP contribution is -1.99. The van der Waals surface area contributed by atoms with E-state index in [0.717, 1.165) is 33.7 Å². The lowest BCUT2D eigenvalue weighted by atomic mass is 10.1. The van der Waals surface area contributed by atoms with E-state index in [0.29, 0.717) is 0 Å². The molecule has 0 fully saturated rings. The van der Waals surface area contributed by atoms with Gasteiger partial charge in [-0.15, -0.1) is 0 Å². The molecule has 3 nitrogen and oxygen atoms in total. The van der Waals surface area contributed by atoms with E-state index in [2.05, 4.69) is 11.4 Å². The highest BCUT2D eigenvalue weighted by atomic mass is 16.5. The summed E-state index contributed by atoms with van der Waals surface area (Å²) in [5.74, 6) is 1.68. The molecule has 1 aromatic heterocycles. The third-order valence-electron chi connectivity index (χ3n) is 3.19. The molecule has 19 heavy (non-hydrogen) atoms. The summed E-state index contributed by atoms with van der Waals surface area (Å²) in [6, 6.07) is 16.0. The van der Waals surface area contributed by atoms with Gasteiger partial charge in [-0.1, -0.05) is 18.2 Å². The highest BCUT2D eigenvalue weighted by Crippen LogP contribution is 2.34. The number of para-hydroxylation sites is 1. The average Bonchev–Trinajstić information content (AvgIpc) is 2.90. The van der Waals surface area contributed by atoms with E-state index < -0.39 is 0 Å². The van der Waals surface area contributed by atoms with Crippen LogP contribution in [-0.2, 0) is 0 Å². The van der Waals surface area contributed by atoms with Crippen LogP contribution in [0.4, 0.5) is 5.69 Å². The molecule has 3 heteroatoms. The van der Waals surface area contributed by atoms with E-state index in [-0.39, 0.29) is 0 Å². The van der Waals surface area contributed by atoms with E-state index in [4.69, 9.17) is 9.15 Å². The third kappa shape index (κ3) is 1.67. The van der Waals surface area contributed by atoms with Crippen LogP contribution in [0.2, 0.25) is 0 Å². The Hall–Kier alpha value is -2.68. The first-order chi connectivity index (χ1) is 9.40. The van der Waals surface area contributed by atoms with Gasteiger partial charge < -0.3 is 14.5 Å². The van der Waals surface area contributed by atoms with Gasteiger partial charge in [-0.05, 0) is 30.3 Å². The molecule has 0 unspecified atom stereocenters. The number of ether oxygens (including phenoxy) is 1.